The first-order chi connectivity index (χ1) is 2.83. The molecule has 0 amide bonds. The average Bonchev–Trinajstić information content (AvgIpc) is 1.39. The number of hydrogen-bond donors (Lipinski definition) is 0. The van der Waals surface area contributed by atoms with Crippen LogP contribution < -0.4 is 0 Å². The van der Waals surface area contributed by atoms with Gasteiger partial charge in [-0.3, -0.25) is 0 Å². The van der Waals surface area contributed by atoms with E-state index in [0.717, 1.165) is 10.7 Å². The van der Waals surface area contributed by atoms with Gasteiger partial charge in [0.05, 0.1) is 0 Å². The fourth-order valence-electron chi connectivity index (χ4n) is 0. The second-order valence-corrected chi connectivity index (χ2v) is 0.149. The first-order valence-electron chi connectivity index (χ1n) is 0.730. The van der Waals surface area contributed by atoms with Gasteiger partial charge < -0.3 is 32.5 Å². The van der Waals surface area contributed by atoms with E-state index in [0.29, 0.717) is 0 Å². The molecule has 0 aliphatic rings. The molecule has 9 heavy (non-hydrogen) atoms. The Morgan fingerprint density at radius 2 is 0.889 bits per heavy atom. The molecule has 0 aliphatic carbocycles. The van der Waals surface area contributed by atoms with E-state index >= 15 is 0 Å². The van der Waals surface area contributed by atoms with Gasteiger partial charge in [0.15, 0.2) is 0 Å². The maximum absolute atomic E-state index is 8.00. The Morgan fingerprint density at radius 1 is 0.889 bits per heavy atom. The van der Waals surface area contributed by atoms with Gasteiger partial charge in [0.2, 0.25) is 0 Å². The van der Waals surface area contributed by atoms with E-state index in [1.165, 1.54) is 0 Å². The van der Waals surface area contributed by atoms with Gasteiger partial charge in [0.1, 0.15) is 0 Å². The summed E-state index contributed by atoms with van der Waals surface area (Å²) in [6.07, 6.45) is 0. The van der Waals surface area contributed by atoms with Crippen molar-refractivity contribution in [1.82, 2.24) is 0 Å². The van der Waals surface area contributed by atoms with Gasteiger partial charge in [0.25, 0.3) is 0 Å². The molecule has 4 N–H and O–H groups in total. The molecule has 0 aromatic carbocycles. The summed E-state index contributed by atoms with van der Waals surface area (Å²) in [7, 11) is 0. The zero-order valence-electron chi connectivity index (χ0n) is 4.00. The summed E-state index contributed by atoms with van der Waals surface area (Å²) < 4.78 is 0. The molecule has 0 aromatic heterocycles. The van der Waals surface area contributed by atoms with Crippen molar-refractivity contribution in [3.63, 3.8) is 0 Å². The topological polar surface area (TPSA) is 172 Å². The van der Waals surface area contributed by atoms with E-state index < -0.39 is 0 Å². The van der Waals surface area contributed by atoms with Crippen LogP contribution in [0.15, 0.2) is 10.7 Å². The van der Waals surface area contributed by atoms with Crippen LogP contribution in [0.2, 0.25) is 0 Å². The van der Waals surface area contributed by atoms with Gasteiger partial charge in [-0.15, -0.1) is 10.7 Å². The Hall–Kier alpha value is -0.618. The molecular weight excluding hydrogens is 226 g/mol. The SMILES string of the molecule is O=N[O-].O=N[O-].[NH2-].[NH2-].[Pd+2]. The van der Waals surface area contributed by atoms with Gasteiger partial charge >= 0.3 is 20.4 Å². The number of nitrogens with zero attached hydrogens (tertiary/aromatic N) is 2. The number of nitrogens with two attached hydrogens (primary N) is 2. The predicted octanol–water partition coefficient (Wildman–Crippen LogP) is 1.93. The fraction of sp³-hybridized carbons (Fsp3) is 0. The summed E-state index contributed by atoms with van der Waals surface area (Å²) in [6, 6.07) is 0. The summed E-state index contributed by atoms with van der Waals surface area (Å²) in [4.78, 5) is 16.0. The zero-order valence-corrected chi connectivity index (χ0v) is 5.55. The smallest absolute Gasteiger partial charge is 0.693 e. The van der Waals surface area contributed by atoms with Crippen molar-refractivity contribution >= 4 is 0 Å². The van der Waals surface area contributed by atoms with Crippen LogP contribution in [0.4, 0.5) is 0 Å². The van der Waals surface area contributed by atoms with Crippen LogP contribution in [0.1, 0.15) is 0 Å². The monoisotopic (exact) mass is 230 g/mol. The number of hydrogen-bond acceptors (Lipinski definition) is 6. The van der Waals surface area contributed by atoms with Crippen molar-refractivity contribution in [1.29, 1.82) is 0 Å². The van der Waals surface area contributed by atoms with Crippen molar-refractivity contribution in [2.45, 2.75) is 0 Å². The van der Waals surface area contributed by atoms with E-state index in [1.54, 1.807) is 0 Å². The summed E-state index contributed by atoms with van der Waals surface area (Å²) in [6.45, 7) is 0. The minimum absolute atomic E-state index is 0. The molecule has 0 radical (unpaired) electrons. The van der Waals surface area contributed by atoms with Crippen LogP contribution in [0.25, 0.3) is 12.3 Å². The molecule has 0 bridgehead atoms. The van der Waals surface area contributed by atoms with E-state index in [9.17, 15) is 0 Å². The van der Waals surface area contributed by atoms with Gasteiger partial charge in [-0.2, -0.15) is 0 Å². The Labute approximate surface area is 64.3 Å². The minimum atomic E-state index is 0. The molecule has 0 saturated heterocycles. The Kier molecular flexibility index (Phi) is 698. The molecule has 0 rings (SSSR count). The second kappa shape index (κ2) is 157. The van der Waals surface area contributed by atoms with E-state index in [-0.39, 0.29) is 32.7 Å². The minimum Gasteiger partial charge on any atom is -0.693 e. The van der Waals surface area contributed by atoms with Gasteiger partial charge in [-0.1, -0.05) is 0 Å². The number of rotatable bonds is 0. The van der Waals surface area contributed by atoms with Crippen molar-refractivity contribution in [3.05, 3.63) is 32.5 Å². The van der Waals surface area contributed by atoms with Gasteiger partial charge in [-0.25, -0.2) is 0 Å². The molecule has 0 unspecified atom stereocenters. The first kappa shape index (κ1) is 39.9. The van der Waals surface area contributed by atoms with Crippen molar-refractivity contribution in [2.24, 2.45) is 10.7 Å². The molecule has 0 aliphatic heterocycles. The predicted molar refractivity (Wildman–Crippen MR) is 28.9 cm³/mol. The molecular formula is H4N4O4Pd-2. The van der Waals surface area contributed by atoms with Gasteiger partial charge in [0, 0.05) is 0 Å². The maximum atomic E-state index is 8.00. The summed E-state index contributed by atoms with van der Waals surface area (Å²) in [5, 5.41) is 18.0. The van der Waals surface area contributed by atoms with Crippen LogP contribution >= 0.6 is 0 Å². The van der Waals surface area contributed by atoms with Crippen LogP contribution in [0.5, 0.6) is 0 Å². The quantitative estimate of drug-likeness (QED) is 0.351. The molecule has 8 nitrogen and oxygen atoms in total. The van der Waals surface area contributed by atoms with Crippen LogP contribution in [0, 0.1) is 20.2 Å². The third-order valence-electron chi connectivity index (χ3n) is 0. The molecule has 0 spiro atoms. The van der Waals surface area contributed by atoms with Crippen molar-refractivity contribution < 1.29 is 20.4 Å². The molecule has 0 heterocycles. The van der Waals surface area contributed by atoms with E-state index in [1.807, 2.05) is 0 Å². The standard InChI is InChI=1S/2HNO2.2H2N.Pd/c2*2-1-3;;;/h2*(H,2,3);2*1H2;/q;;2*-1;+2/p-2. The largest absolute Gasteiger partial charge is 2.00 e. The molecule has 0 atom stereocenters. The first-order valence-corrected chi connectivity index (χ1v) is 0.730. The Bertz CT molecular complexity index is 33.5. The summed E-state index contributed by atoms with van der Waals surface area (Å²) in [5.41, 5.74) is 0. The Morgan fingerprint density at radius 3 is 0.889 bits per heavy atom. The molecule has 9 heteroatoms. The van der Waals surface area contributed by atoms with Crippen molar-refractivity contribution in [3.8, 4) is 0 Å². The van der Waals surface area contributed by atoms with Crippen LogP contribution in [0.3, 0.4) is 0 Å². The molecule has 0 saturated carbocycles. The third kappa shape index (κ3) is 561. The zero-order chi connectivity index (χ0) is 5.41. The van der Waals surface area contributed by atoms with Crippen molar-refractivity contribution in [2.75, 3.05) is 0 Å². The molecule has 60 valence electrons. The van der Waals surface area contributed by atoms with Gasteiger partial charge in [-0.05, 0) is 0 Å². The molecule has 0 aromatic rings. The van der Waals surface area contributed by atoms with E-state index in [2.05, 4.69) is 0 Å². The maximum Gasteiger partial charge on any atom is 2.00 e. The Balaban J connectivity index is -0.00000000889. The average molecular weight is 230 g/mol. The normalized spacial score (nSPS) is 2.67. The third-order valence-corrected chi connectivity index (χ3v) is 0. The summed E-state index contributed by atoms with van der Waals surface area (Å²) in [5.74, 6) is 0. The fourth-order valence-corrected chi connectivity index (χ4v) is 0. The van der Waals surface area contributed by atoms with Crippen LogP contribution in [-0.4, -0.2) is 0 Å². The second-order valence-electron chi connectivity index (χ2n) is 0.149. The summed E-state index contributed by atoms with van der Waals surface area (Å²) >= 11 is 0. The van der Waals surface area contributed by atoms with Crippen LogP contribution in [-0.2, 0) is 20.4 Å². The van der Waals surface area contributed by atoms with E-state index in [4.69, 9.17) is 20.2 Å². The molecule has 0 fully saturated rings.